The van der Waals surface area contributed by atoms with Crippen molar-refractivity contribution in [1.29, 1.82) is 0 Å². The Morgan fingerprint density at radius 3 is 2.68 bits per heavy atom. The quantitative estimate of drug-likeness (QED) is 0.842. The Labute approximate surface area is 130 Å². The highest BCUT2D eigenvalue weighted by molar-refractivity contribution is 5.83. The van der Waals surface area contributed by atoms with Gasteiger partial charge in [-0.3, -0.25) is 4.79 Å². The molecule has 2 amide bonds. The van der Waals surface area contributed by atoms with Crippen LogP contribution in [0.5, 0.6) is 5.75 Å². The molecule has 6 nitrogen and oxygen atoms in total. The number of carbonyl (C=O) groups excluding carboxylic acids is 2. The van der Waals surface area contributed by atoms with Crippen molar-refractivity contribution in [2.24, 2.45) is 5.41 Å². The van der Waals surface area contributed by atoms with E-state index in [-0.39, 0.29) is 17.8 Å². The maximum atomic E-state index is 11.8. The van der Waals surface area contributed by atoms with Crippen LogP contribution in [0.4, 0.5) is 10.5 Å². The van der Waals surface area contributed by atoms with Crippen molar-refractivity contribution in [3.05, 3.63) is 23.3 Å². The Morgan fingerprint density at radius 2 is 2.09 bits per heavy atom. The van der Waals surface area contributed by atoms with Crippen LogP contribution < -0.4 is 10.4 Å². The van der Waals surface area contributed by atoms with Gasteiger partial charge in [-0.05, 0) is 37.3 Å². The number of rotatable bonds is 3. The first-order chi connectivity index (χ1) is 10.4. The van der Waals surface area contributed by atoms with Crippen LogP contribution in [0.15, 0.2) is 12.1 Å². The molecule has 2 rings (SSSR count). The number of amides is 2. The van der Waals surface area contributed by atoms with Crippen molar-refractivity contribution >= 4 is 18.2 Å². The molecule has 0 radical (unpaired) electrons. The number of hydrogen-bond donors (Lipinski definition) is 2. The Kier molecular flexibility index (Phi) is 4.59. The molecule has 0 spiro atoms. The molecule has 1 aromatic rings. The van der Waals surface area contributed by atoms with Gasteiger partial charge in [0.2, 0.25) is 6.41 Å². The van der Waals surface area contributed by atoms with E-state index in [0.717, 1.165) is 29.0 Å². The van der Waals surface area contributed by atoms with Gasteiger partial charge in [0.15, 0.2) is 0 Å². The number of ether oxygens (including phenoxy) is 1. The predicted molar refractivity (Wildman–Crippen MR) is 82.6 cm³/mol. The summed E-state index contributed by atoms with van der Waals surface area (Å²) in [7, 11) is 0. The Bertz CT molecular complexity index is 582. The van der Waals surface area contributed by atoms with E-state index in [4.69, 9.17) is 4.74 Å². The zero-order chi connectivity index (χ0) is 16.3. The van der Waals surface area contributed by atoms with Crippen molar-refractivity contribution in [2.75, 3.05) is 11.6 Å². The minimum Gasteiger partial charge on any atom is -0.508 e. The molecule has 0 saturated carbocycles. The monoisotopic (exact) mass is 306 g/mol. The molecular formula is C16H22N2O4. The lowest BCUT2D eigenvalue weighted by atomic mass is 9.77. The second kappa shape index (κ2) is 6.25. The molecule has 0 atom stereocenters. The molecule has 0 aromatic heterocycles. The van der Waals surface area contributed by atoms with Crippen LogP contribution >= 0.6 is 0 Å². The number of hydrazine groups is 1. The number of carbonyl (C=O) groups is 2. The van der Waals surface area contributed by atoms with Gasteiger partial charge in [-0.25, -0.2) is 15.2 Å². The third-order valence-corrected chi connectivity index (χ3v) is 4.55. The molecule has 0 aliphatic carbocycles. The summed E-state index contributed by atoms with van der Waals surface area (Å²) in [6.07, 6.45) is 2.18. The third-order valence-electron chi connectivity index (χ3n) is 4.55. The number of fused-ring (bicyclic) bond motifs is 1. The van der Waals surface area contributed by atoms with Crippen LogP contribution in [-0.2, 0) is 16.0 Å². The summed E-state index contributed by atoms with van der Waals surface area (Å²) in [5.41, 5.74) is 4.31. The molecule has 0 unspecified atom stereocenters. The van der Waals surface area contributed by atoms with Gasteiger partial charge in [-0.2, -0.15) is 0 Å². The molecule has 120 valence electrons. The lowest BCUT2D eigenvalue weighted by Crippen LogP contribution is -2.42. The second-order valence-electron chi connectivity index (χ2n) is 5.81. The average Bonchev–Trinajstić information content (AvgIpc) is 2.57. The van der Waals surface area contributed by atoms with Crippen LogP contribution in [0.1, 0.15) is 37.8 Å². The number of cyclic esters (lactones) is 1. The molecule has 2 N–H and O–H groups in total. The number of phenols is 1. The Hall–Kier alpha value is -2.24. The summed E-state index contributed by atoms with van der Waals surface area (Å²) in [6.45, 7) is 6.22. The van der Waals surface area contributed by atoms with Crippen molar-refractivity contribution in [3.8, 4) is 5.75 Å². The Balaban J connectivity index is 2.58. The maximum Gasteiger partial charge on any atom is 0.426 e. The van der Waals surface area contributed by atoms with E-state index in [2.05, 4.69) is 19.3 Å². The fraction of sp³-hybridized carbons (Fsp3) is 0.500. The highest BCUT2D eigenvalue weighted by Crippen LogP contribution is 2.37. The smallest absolute Gasteiger partial charge is 0.426 e. The first-order valence-electron chi connectivity index (χ1n) is 7.45. The number of aryl methyl sites for hydroxylation is 1. The summed E-state index contributed by atoms with van der Waals surface area (Å²) >= 11 is 0. The van der Waals surface area contributed by atoms with E-state index < -0.39 is 6.09 Å². The van der Waals surface area contributed by atoms with Crippen LogP contribution in [0.25, 0.3) is 0 Å². The lowest BCUT2D eigenvalue weighted by molar-refractivity contribution is -0.108. The van der Waals surface area contributed by atoms with Crippen molar-refractivity contribution in [1.82, 2.24) is 5.43 Å². The number of nitrogens with one attached hydrogen (secondary N) is 1. The molecule has 22 heavy (non-hydrogen) atoms. The normalized spacial score (nSPS) is 17.4. The summed E-state index contributed by atoms with van der Waals surface area (Å²) in [5.74, 6) is 0.0820. The fourth-order valence-corrected chi connectivity index (χ4v) is 2.76. The molecule has 1 heterocycles. The molecule has 0 saturated heterocycles. The highest BCUT2D eigenvalue weighted by atomic mass is 16.6. The zero-order valence-electron chi connectivity index (χ0n) is 13.2. The summed E-state index contributed by atoms with van der Waals surface area (Å²) in [5, 5.41) is 11.0. The first kappa shape index (κ1) is 16.1. The molecule has 0 bridgehead atoms. The average molecular weight is 306 g/mol. The maximum absolute atomic E-state index is 11.8. The topological polar surface area (TPSA) is 78.9 Å². The van der Waals surface area contributed by atoms with Crippen molar-refractivity contribution < 1.29 is 19.4 Å². The summed E-state index contributed by atoms with van der Waals surface area (Å²) < 4.78 is 5.27. The lowest BCUT2D eigenvalue weighted by Gasteiger charge is -2.31. The van der Waals surface area contributed by atoms with E-state index in [1.54, 1.807) is 0 Å². The van der Waals surface area contributed by atoms with Gasteiger partial charge >= 0.3 is 6.09 Å². The standard InChI is InChI=1S/C16H22N2O4/c1-4-16(5-2)8-12-6-11(3)14(20)7-13(12)18(10-19)17-15(21)22-9-16/h6-7,10,20H,4-5,8-9H2,1-3H3,(H,17,21). The van der Waals surface area contributed by atoms with Crippen LogP contribution in [0, 0.1) is 12.3 Å². The van der Waals surface area contributed by atoms with E-state index in [9.17, 15) is 14.7 Å². The number of aromatic hydroxyl groups is 1. The number of nitrogens with zero attached hydrogens (tertiary/aromatic N) is 1. The molecule has 1 aromatic carbocycles. The fourth-order valence-electron chi connectivity index (χ4n) is 2.76. The van der Waals surface area contributed by atoms with Gasteiger partial charge in [0, 0.05) is 11.5 Å². The molecule has 0 fully saturated rings. The van der Waals surface area contributed by atoms with Gasteiger partial charge in [-0.15, -0.1) is 0 Å². The van der Waals surface area contributed by atoms with Crippen molar-refractivity contribution in [3.63, 3.8) is 0 Å². The molecular weight excluding hydrogens is 284 g/mol. The number of anilines is 1. The minimum absolute atomic E-state index is 0.0820. The van der Waals surface area contributed by atoms with Gasteiger partial charge in [-0.1, -0.05) is 19.9 Å². The highest BCUT2D eigenvalue weighted by Gasteiger charge is 2.32. The predicted octanol–water partition coefficient (Wildman–Crippen LogP) is 2.67. The third kappa shape index (κ3) is 3.00. The van der Waals surface area contributed by atoms with Gasteiger partial charge in [0.05, 0.1) is 12.3 Å². The van der Waals surface area contributed by atoms with Gasteiger partial charge in [0.1, 0.15) is 5.75 Å². The Morgan fingerprint density at radius 1 is 1.41 bits per heavy atom. The van der Waals surface area contributed by atoms with E-state index in [1.807, 2.05) is 13.0 Å². The molecule has 6 heteroatoms. The number of benzene rings is 1. The van der Waals surface area contributed by atoms with Crippen LogP contribution in [-0.4, -0.2) is 24.2 Å². The van der Waals surface area contributed by atoms with E-state index >= 15 is 0 Å². The summed E-state index contributed by atoms with van der Waals surface area (Å²) in [6, 6.07) is 3.36. The molecule has 1 aliphatic heterocycles. The van der Waals surface area contributed by atoms with Crippen LogP contribution in [0.3, 0.4) is 0 Å². The summed E-state index contributed by atoms with van der Waals surface area (Å²) in [4.78, 5) is 23.2. The first-order valence-corrected chi connectivity index (χ1v) is 7.45. The molecule has 1 aliphatic rings. The number of phenolic OH excluding ortho intramolecular Hbond substituents is 1. The largest absolute Gasteiger partial charge is 0.508 e. The van der Waals surface area contributed by atoms with Crippen molar-refractivity contribution in [2.45, 2.75) is 40.0 Å². The van der Waals surface area contributed by atoms with E-state index in [0.29, 0.717) is 18.5 Å². The second-order valence-corrected chi connectivity index (χ2v) is 5.81. The number of hydrogen-bond acceptors (Lipinski definition) is 4. The SMILES string of the molecule is CCC1(CC)COC(=O)NN(C=O)c2cc(O)c(C)cc2C1. The van der Waals surface area contributed by atoms with E-state index in [1.165, 1.54) is 6.07 Å². The minimum atomic E-state index is -0.675. The van der Waals surface area contributed by atoms with Crippen LogP contribution in [0.2, 0.25) is 0 Å². The van der Waals surface area contributed by atoms with Gasteiger partial charge < -0.3 is 9.84 Å². The zero-order valence-corrected chi connectivity index (χ0v) is 13.2. The van der Waals surface area contributed by atoms with Gasteiger partial charge in [0.25, 0.3) is 0 Å².